The van der Waals surface area contributed by atoms with Gasteiger partial charge in [-0.3, -0.25) is 0 Å². The van der Waals surface area contributed by atoms with E-state index < -0.39 is 9.84 Å². The minimum absolute atomic E-state index is 0.112. The first kappa shape index (κ1) is 7.75. The molecule has 0 fully saturated rings. The fourth-order valence-electron chi connectivity index (χ4n) is 0.865. The molecule has 0 spiro atoms. The second-order valence-corrected chi connectivity index (χ2v) is 4.08. The van der Waals surface area contributed by atoms with Crippen LogP contribution in [0.2, 0.25) is 0 Å². The maximum absolute atomic E-state index is 10.7. The molecule has 1 aliphatic heterocycles. The number of rotatable bonds is 2. The van der Waals surface area contributed by atoms with Crippen molar-refractivity contribution in [3.05, 3.63) is 11.5 Å². The molecule has 0 N–H and O–H groups in total. The van der Waals surface area contributed by atoms with Crippen LogP contribution in [0.25, 0.3) is 0 Å². The molecule has 1 atom stereocenters. The highest BCUT2D eigenvalue weighted by atomic mass is 32.2. The van der Waals surface area contributed by atoms with Gasteiger partial charge < -0.3 is 4.74 Å². The lowest BCUT2D eigenvalue weighted by molar-refractivity contribution is 0.113. The Hall–Kier alpha value is -0.350. The Morgan fingerprint density at radius 2 is 2.40 bits per heavy atom. The second-order valence-electron chi connectivity index (χ2n) is 2.15. The zero-order valence-corrected chi connectivity index (χ0v) is 6.60. The molecule has 0 aromatic heterocycles. The van der Waals surface area contributed by atoms with Gasteiger partial charge in [0.1, 0.15) is 0 Å². The van der Waals surface area contributed by atoms with E-state index in [1.165, 1.54) is 5.41 Å². The summed E-state index contributed by atoms with van der Waals surface area (Å²) in [6, 6.07) is 0. The molecular weight excluding hydrogens is 152 g/mol. The molecular formula is C6H10O3S. The standard InChI is InChI=1S/C6H10O3S/c1-2-9-6-3-4-10(7,8)5-6/h3-4,6H,2,5H2,1H3. The molecule has 0 amide bonds. The Morgan fingerprint density at radius 3 is 2.80 bits per heavy atom. The van der Waals surface area contributed by atoms with Crippen LogP contribution in [0.1, 0.15) is 6.92 Å². The normalized spacial score (nSPS) is 29.1. The SMILES string of the molecule is CCOC1C=CS(=O)(=O)C1. The predicted molar refractivity (Wildman–Crippen MR) is 38.3 cm³/mol. The Kier molecular flexibility index (Phi) is 2.11. The van der Waals surface area contributed by atoms with E-state index in [1.807, 2.05) is 6.92 Å². The van der Waals surface area contributed by atoms with Crippen molar-refractivity contribution in [2.75, 3.05) is 12.4 Å². The molecule has 0 aromatic rings. The van der Waals surface area contributed by atoms with E-state index in [2.05, 4.69) is 0 Å². The molecule has 1 rings (SSSR count). The van der Waals surface area contributed by atoms with Gasteiger partial charge >= 0.3 is 0 Å². The van der Waals surface area contributed by atoms with Crippen molar-refractivity contribution in [1.82, 2.24) is 0 Å². The highest BCUT2D eigenvalue weighted by Crippen LogP contribution is 2.10. The van der Waals surface area contributed by atoms with Crippen LogP contribution in [-0.2, 0) is 14.6 Å². The summed E-state index contributed by atoms with van der Waals surface area (Å²) in [5.41, 5.74) is 0. The lowest BCUT2D eigenvalue weighted by Gasteiger charge is -2.04. The highest BCUT2D eigenvalue weighted by Gasteiger charge is 2.21. The Balaban J connectivity index is 2.54. The first-order valence-electron chi connectivity index (χ1n) is 3.16. The van der Waals surface area contributed by atoms with Crippen molar-refractivity contribution in [1.29, 1.82) is 0 Å². The van der Waals surface area contributed by atoms with Crippen LogP contribution in [0.5, 0.6) is 0 Å². The summed E-state index contributed by atoms with van der Waals surface area (Å²) >= 11 is 0. The zero-order chi connectivity index (χ0) is 7.61. The van der Waals surface area contributed by atoms with Crippen LogP contribution < -0.4 is 0 Å². The first-order valence-corrected chi connectivity index (χ1v) is 4.88. The van der Waals surface area contributed by atoms with Crippen LogP contribution in [0.4, 0.5) is 0 Å². The van der Waals surface area contributed by atoms with E-state index in [-0.39, 0.29) is 11.9 Å². The van der Waals surface area contributed by atoms with Gasteiger partial charge in [0.05, 0.1) is 11.9 Å². The number of sulfone groups is 1. The second kappa shape index (κ2) is 2.72. The van der Waals surface area contributed by atoms with Crippen LogP contribution in [0.3, 0.4) is 0 Å². The summed E-state index contributed by atoms with van der Waals surface area (Å²) in [4.78, 5) is 0. The molecule has 0 saturated heterocycles. The maximum atomic E-state index is 10.7. The van der Waals surface area contributed by atoms with Gasteiger partial charge in [-0.2, -0.15) is 0 Å². The van der Waals surface area contributed by atoms with Crippen molar-refractivity contribution in [3.63, 3.8) is 0 Å². The maximum Gasteiger partial charge on any atom is 0.174 e. The van der Waals surface area contributed by atoms with Gasteiger partial charge in [-0.05, 0) is 13.0 Å². The molecule has 0 aromatic carbocycles. The lowest BCUT2D eigenvalue weighted by Crippen LogP contribution is -2.14. The molecule has 1 heterocycles. The third kappa shape index (κ3) is 1.82. The van der Waals surface area contributed by atoms with E-state index in [9.17, 15) is 8.42 Å². The largest absolute Gasteiger partial charge is 0.373 e. The monoisotopic (exact) mass is 162 g/mol. The topological polar surface area (TPSA) is 43.4 Å². The van der Waals surface area contributed by atoms with Crippen LogP contribution >= 0.6 is 0 Å². The summed E-state index contributed by atoms with van der Waals surface area (Å²) in [6.45, 7) is 2.41. The predicted octanol–water partition coefficient (Wildman–Crippen LogP) is 0.334. The Labute approximate surface area is 60.6 Å². The third-order valence-corrected chi connectivity index (χ3v) is 2.64. The van der Waals surface area contributed by atoms with Crippen molar-refractivity contribution in [3.8, 4) is 0 Å². The molecule has 1 aliphatic rings. The van der Waals surface area contributed by atoms with Crippen LogP contribution in [0, 0.1) is 0 Å². The zero-order valence-electron chi connectivity index (χ0n) is 5.78. The minimum atomic E-state index is -2.92. The fraction of sp³-hybridized carbons (Fsp3) is 0.667. The van der Waals surface area contributed by atoms with Crippen molar-refractivity contribution >= 4 is 9.84 Å². The van der Waals surface area contributed by atoms with Crippen molar-refractivity contribution in [2.24, 2.45) is 0 Å². The summed E-state index contributed by atoms with van der Waals surface area (Å²) in [7, 11) is -2.92. The van der Waals surface area contributed by atoms with Gasteiger partial charge in [0.15, 0.2) is 9.84 Å². The van der Waals surface area contributed by atoms with Crippen LogP contribution in [0.15, 0.2) is 11.5 Å². The molecule has 10 heavy (non-hydrogen) atoms. The van der Waals surface area contributed by atoms with Crippen molar-refractivity contribution < 1.29 is 13.2 Å². The quantitative estimate of drug-likeness (QED) is 0.588. The molecule has 4 heteroatoms. The third-order valence-electron chi connectivity index (χ3n) is 1.28. The molecule has 0 radical (unpaired) electrons. The van der Waals surface area contributed by atoms with E-state index >= 15 is 0 Å². The van der Waals surface area contributed by atoms with Gasteiger partial charge in [0.2, 0.25) is 0 Å². The molecule has 0 bridgehead atoms. The van der Waals surface area contributed by atoms with Gasteiger partial charge in [0, 0.05) is 12.0 Å². The van der Waals surface area contributed by atoms with Gasteiger partial charge in [-0.15, -0.1) is 0 Å². The van der Waals surface area contributed by atoms with E-state index in [0.29, 0.717) is 6.61 Å². The fourth-order valence-corrected chi connectivity index (χ4v) is 2.06. The summed E-state index contributed by atoms with van der Waals surface area (Å²) in [5.74, 6) is 0.112. The van der Waals surface area contributed by atoms with E-state index in [4.69, 9.17) is 4.74 Å². The van der Waals surface area contributed by atoms with E-state index in [1.54, 1.807) is 6.08 Å². The Morgan fingerprint density at radius 1 is 1.70 bits per heavy atom. The smallest absolute Gasteiger partial charge is 0.174 e. The highest BCUT2D eigenvalue weighted by molar-refractivity contribution is 7.94. The Bertz CT molecular complexity index is 227. The van der Waals surface area contributed by atoms with Crippen LogP contribution in [-0.4, -0.2) is 26.9 Å². The van der Waals surface area contributed by atoms with Crippen molar-refractivity contribution in [2.45, 2.75) is 13.0 Å². The summed E-state index contributed by atoms with van der Waals surface area (Å²) in [6.07, 6.45) is 1.37. The van der Waals surface area contributed by atoms with Gasteiger partial charge in [0.25, 0.3) is 0 Å². The number of hydrogen-bond donors (Lipinski definition) is 0. The minimum Gasteiger partial charge on any atom is -0.373 e. The first-order chi connectivity index (χ1) is 4.64. The average molecular weight is 162 g/mol. The average Bonchev–Trinajstić information content (AvgIpc) is 2.12. The molecule has 0 aliphatic carbocycles. The summed E-state index contributed by atoms with van der Waals surface area (Å²) in [5, 5.41) is 1.22. The van der Waals surface area contributed by atoms with Gasteiger partial charge in [-0.25, -0.2) is 8.42 Å². The number of ether oxygens (including phenoxy) is 1. The molecule has 1 unspecified atom stereocenters. The van der Waals surface area contributed by atoms with Gasteiger partial charge in [-0.1, -0.05) is 0 Å². The van der Waals surface area contributed by atoms with E-state index in [0.717, 1.165) is 0 Å². The number of hydrogen-bond acceptors (Lipinski definition) is 3. The molecule has 0 saturated carbocycles. The summed E-state index contributed by atoms with van der Waals surface area (Å²) < 4.78 is 26.6. The molecule has 58 valence electrons. The lowest BCUT2D eigenvalue weighted by atomic mass is 10.4. The molecule has 3 nitrogen and oxygen atoms in total.